The lowest BCUT2D eigenvalue weighted by Gasteiger charge is -2.17. The molecule has 0 unspecified atom stereocenters. The minimum absolute atomic E-state index is 0.0414. The van der Waals surface area contributed by atoms with Gasteiger partial charge >= 0.3 is 0 Å². The van der Waals surface area contributed by atoms with Crippen molar-refractivity contribution in [3.63, 3.8) is 0 Å². The third-order valence-electron chi connectivity index (χ3n) is 2.57. The fraction of sp³-hybridized carbons (Fsp3) is 0.533. The number of ether oxygens (including phenoxy) is 2. The van der Waals surface area contributed by atoms with Crippen LogP contribution in [0.25, 0.3) is 0 Å². The summed E-state index contributed by atoms with van der Waals surface area (Å²) < 4.78 is 10.5. The molecule has 0 aliphatic carbocycles. The van der Waals surface area contributed by atoms with E-state index in [1.165, 1.54) is 0 Å². The van der Waals surface area contributed by atoms with Gasteiger partial charge in [-0.2, -0.15) is 0 Å². The zero-order chi connectivity index (χ0) is 15.2. The summed E-state index contributed by atoms with van der Waals surface area (Å²) in [5.74, 6) is 1.87. The van der Waals surface area contributed by atoms with Crippen LogP contribution in [0.4, 0.5) is 0 Å². The summed E-state index contributed by atoms with van der Waals surface area (Å²) >= 11 is 1.63. The molecular weight excluding hydrogens is 274 g/mol. The minimum Gasteiger partial charge on any atom is -0.493 e. The van der Waals surface area contributed by atoms with Crippen molar-refractivity contribution in [2.75, 3.05) is 20.0 Å². The summed E-state index contributed by atoms with van der Waals surface area (Å²) in [7, 11) is 3.20. The highest BCUT2D eigenvalue weighted by Crippen LogP contribution is 2.27. The molecule has 0 atom stereocenters. The molecule has 20 heavy (non-hydrogen) atoms. The van der Waals surface area contributed by atoms with Crippen molar-refractivity contribution in [2.24, 2.45) is 0 Å². The van der Waals surface area contributed by atoms with Gasteiger partial charge in [-0.25, -0.2) is 0 Å². The number of methoxy groups -OCH3 is 2. The van der Waals surface area contributed by atoms with Gasteiger partial charge in [-0.15, -0.1) is 11.8 Å². The van der Waals surface area contributed by atoms with Crippen molar-refractivity contribution in [1.82, 2.24) is 5.32 Å². The average molecular weight is 297 g/mol. The molecule has 1 aromatic rings. The third kappa shape index (κ3) is 5.74. The first kappa shape index (κ1) is 16.7. The Morgan fingerprint density at radius 3 is 2.40 bits per heavy atom. The second-order valence-electron chi connectivity index (χ2n) is 5.37. The Bertz CT molecular complexity index is 455. The Kier molecular flexibility index (Phi) is 6.20. The van der Waals surface area contributed by atoms with E-state index in [1.807, 2.05) is 18.2 Å². The van der Waals surface area contributed by atoms with Crippen LogP contribution in [0.2, 0.25) is 0 Å². The highest BCUT2D eigenvalue weighted by molar-refractivity contribution is 8.01. The number of nitrogens with one attached hydrogen (secondary N) is 1. The van der Waals surface area contributed by atoms with Crippen molar-refractivity contribution >= 4 is 17.7 Å². The highest BCUT2D eigenvalue weighted by atomic mass is 32.2. The van der Waals surface area contributed by atoms with Crippen molar-refractivity contribution in [2.45, 2.75) is 32.1 Å². The number of hydrogen-bond donors (Lipinski definition) is 1. The minimum atomic E-state index is 0.0414. The number of amides is 1. The van der Waals surface area contributed by atoms with E-state index >= 15 is 0 Å². The Morgan fingerprint density at radius 2 is 1.85 bits per heavy atom. The molecular formula is C15H23NO3S. The summed E-state index contributed by atoms with van der Waals surface area (Å²) in [5, 5.41) is 2.90. The summed E-state index contributed by atoms with van der Waals surface area (Å²) in [4.78, 5) is 11.8. The molecule has 0 bridgehead atoms. The SMILES string of the molecule is COc1ccc(CNC(=O)CSC(C)(C)C)cc1OC. The van der Waals surface area contributed by atoms with Crippen LogP contribution in [0, 0.1) is 0 Å². The molecule has 4 nitrogen and oxygen atoms in total. The number of thioether (sulfide) groups is 1. The van der Waals surface area contributed by atoms with Crippen LogP contribution in [0.5, 0.6) is 11.5 Å². The topological polar surface area (TPSA) is 47.6 Å². The quantitative estimate of drug-likeness (QED) is 0.877. The highest BCUT2D eigenvalue weighted by Gasteiger charge is 2.13. The lowest BCUT2D eigenvalue weighted by molar-refractivity contribution is -0.118. The first-order chi connectivity index (χ1) is 9.35. The first-order valence-electron chi connectivity index (χ1n) is 6.47. The molecule has 0 spiro atoms. The molecule has 0 aliphatic rings. The van der Waals surface area contributed by atoms with Gasteiger partial charge in [-0.1, -0.05) is 26.8 Å². The number of rotatable bonds is 6. The Morgan fingerprint density at radius 1 is 1.20 bits per heavy atom. The van der Waals surface area contributed by atoms with Crippen molar-refractivity contribution in [3.05, 3.63) is 23.8 Å². The second-order valence-corrected chi connectivity index (χ2v) is 7.17. The standard InChI is InChI=1S/C15H23NO3S/c1-15(2,3)20-10-14(17)16-9-11-6-7-12(18-4)13(8-11)19-5/h6-8H,9-10H2,1-5H3,(H,16,17). The van der Waals surface area contributed by atoms with Crippen LogP contribution in [0.15, 0.2) is 18.2 Å². The molecule has 112 valence electrons. The van der Waals surface area contributed by atoms with Gasteiger partial charge in [0.2, 0.25) is 5.91 Å². The van der Waals surface area contributed by atoms with Gasteiger partial charge in [-0.3, -0.25) is 4.79 Å². The number of carbonyl (C=O) groups is 1. The Labute approximate surface area is 125 Å². The third-order valence-corrected chi connectivity index (χ3v) is 3.85. The summed E-state index contributed by atoms with van der Waals surface area (Å²) in [5.41, 5.74) is 0.983. The molecule has 0 aliphatic heterocycles. The molecule has 0 saturated carbocycles. The van der Waals surface area contributed by atoms with Crippen LogP contribution in [0.3, 0.4) is 0 Å². The summed E-state index contributed by atoms with van der Waals surface area (Å²) in [6.45, 7) is 6.78. The van der Waals surface area contributed by atoms with E-state index in [2.05, 4.69) is 26.1 Å². The van der Waals surface area contributed by atoms with Crippen molar-refractivity contribution in [1.29, 1.82) is 0 Å². The molecule has 0 radical (unpaired) electrons. The number of benzene rings is 1. The van der Waals surface area contributed by atoms with Crippen molar-refractivity contribution < 1.29 is 14.3 Å². The Balaban J connectivity index is 2.51. The molecule has 5 heteroatoms. The zero-order valence-corrected chi connectivity index (χ0v) is 13.6. The lowest BCUT2D eigenvalue weighted by Crippen LogP contribution is -2.26. The maximum absolute atomic E-state index is 11.8. The van der Waals surface area contributed by atoms with E-state index in [4.69, 9.17) is 9.47 Å². The summed E-state index contributed by atoms with van der Waals surface area (Å²) in [6.07, 6.45) is 0. The van der Waals surface area contributed by atoms with Gasteiger partial charge in [0.25, 0.3) is 0 Å². The van der Waals surface area contributed by atoms with E-state index in [0.717, 1.165) is 5.56 Å². The molecule has 1 aromatic carbocycles. The van der Waals surface area contributed by atoms with Gasteiger partial charge in [0.15, 0.2) is 11.5 Å². The van der Waals surface area contributed by atoms with Crippen LogP contribution in [-0.2, 0) is 11.3 Å². The fourth-order valence-corrected chi connectivity index (χ4v) is 2.19. The molecule has 1 rings (SSSR count). The van der Waals surface area contributed by atoms with Crippen LogP contribution >= 0.6 is 11.8 Å². The smallest absolute Gasteiger partial charge is 0.230 e. The van der Waals surface area contributed by atoms with Crippen LogP contribution in [0.1, 0.15) is 26.3 Å². The molecule has 0 aromatic heterocycles. The fourth-order valence-electron chi connectivity index (χ4n) is 1.52. The van der Waals surface area contributed by atoms with E-state index in [1.54, 1.807) is 26.0 Å². The van der Waals surface area contributed by atoms with Crippen molar-refractivity contribution in [3.8, 4) is 11.5 Å². The van der Waals surface area contributed by atoms with Gasteiger partial charge in [0.05, 0.1) is 20.0 Å². The van der Waals surface area contributed by atoms with Gasteiger partial charge in [-0.05, 0) is 17.7 Å². The zero-order valence-electron chi connectivity index (χ0n) is 12.8. The van der Waals surface area contributed by atoms with Crippen LogP contribution in [-0.4, -0.2) is 30.6 Å². The molecule has 0 fully saturated rings. The van der Waals surface area contributed by atoms with E-state index < -0.39 is 0 Å². The molecule has 0 saturated heterocycles. The lowest BCUT2D eigenvalue weighted by atomic mass is 10.2. The second kappa shape index (κ2) is 7.43. The Hall–Kier alpha value is -1.36. The predicted molar refractivity (Wildman–Crippen MR) is 83.6 cm³/mol. The van der Waals surface area contributed by atoms with E-state index in [0.29, 0.717) is 23.8 Å². The normalized spacial score (nSPS) is 11.1. The van der Waals surface area contributed by atoms with Crippen LogP contribution < -0.4 is 14.8 Å². The predicted octanol–water partition coefficient (Wildman–Crippen LogP) is 2.85. The summed E-state index contributed by atoms with van der Waals surface area (Å²) in [6, 6.07) is 5.62. The molecule has 1 amide bonds. The maximum atomic E-state index is 11.8. The van der Waals surface area contributed by atoms with Gasteiger partial charge in [0.1, 0.15) is 0 Å². The molecule has 0 heterocycles. The molecule has 1 N–H and O–H groups in total. The first-order valence-corrected chi connectivity index (χ1v) is 7.46. The van der Waals surface area contributed by atoms with E-state index in [9.17, 15) is 4.79 Å². The monoisotopic (exact) mass is 297 g/mol. The number of carbonyl (C=O) groups excluding carboxylic acids is 1. The maximum Gasteiger partial charge on any atom is 0.230 e. The average Bonchev–Trinajstić information content (AvgIpc) is 2.41. The van der Waals surface area contributed by atoms with Gasteiger partial charge in [0, 0.05) is 11.3 Å². The van der Waals surface area contributed by atoms with E-state index in [-0.39, 0.29) is 10.7 Å². The number of hydrogen-bond acceptors (Lipinski definition) is 4. The largest absolute Gasteiger partial charge is 0.493 e. The van der Waals surface area contributed by atoms with Gasteiger partial charge < -0.3 is 14.8 Å².